The summed E-state index contributed by atoms with van der Waals surface area (Å²) in [6.07, 6.45) is 6.50. The maximum atomic E-state index is 2.32. The van der Waals surface area contributed by atoms with Crippen molar-refractivity contribution < 1.29 is 0 Å². The van der Waals surface area contributed by atoms with Gasteiger partial charge < -0.3 is 0 Å². The van der Waals surface area contributed by atoms with Crippen molar-refractivity contribution in [3.05, 3.63) is 83.9 Å². The van der Waals surface area contributed by atoms with Gasteiger partial charge >= 0.3 is 0 Å². The van der Waals surface area contributed by atoms with Gasteiger partial charge in [0, 0.05) is 0 Å². The van der Waals surface area contributed by atoms with Gasteiger partial charge in [-0.05, 0) is 47.1 Å². The number of hydrogen-bond donors (Lipinski definition) is 0. The highest BCUT2D eigenvalue weighted by atomic mass is 14.1. The van der Waals surface area contributed by atoms with Gasteiger partial charge in [0.1, 0.15) is 0 Å². The van der Waals surface area contributed by atoms with Crippen LogP contribution in [0.25, 0.3) is 22.3 Å². The summed E-state index contributed by atoms with van der Waals surface area (Å²) in [5.41, 5.74) is 7.91. The molecule has 3 aromatic carbocycles. The van der Waals surface area contributed by atoms with E-state index < -0.39 is 0 Å². The normalized spacial score (nSPS) is 12.1. The third-order valence-electron chi connectivity index (χ3n) is 5.62. The second-order valence-electron chi connectivity index (χ2n) is 7.76. The van der Waals surface area contributed by atoms with Gasteiger partial charge in [-0.15, -0.1) is 0 Å². The van der Waals surface area contributed by atoms with E-state index in [-0.39, 0.29) is 0 Å². The molecule has 0 fully saturated rings. The maximum Gasteiger partial charge on any atom is -0.0184 e. The molecule has 0 heteroatoms. The zero-order valence-electron chi connectivity index (χ0n) is 17.0. The number of benzene rings is 3. The van der Waals surface area contributed by atoms with E-state index in [2.05, 4.69) is 93.6 Å². The van der Waals surface area contributed by atoms with Crippen LogP contribution < -0.4 is 0 Å². The Balaban J connectivity index is 1.68. The molecule has 0 saturated carbocycles. The molecule has 0 heterocycles. The lowest BCUT2D eigenvalue weighted by molar-refractivity contribution is 0.449. The molecule has 3 rings (SSSR count). The quantitative estimate of drug-likeness (QED) is 0.382. The third-order valence-corrected chi connectivity index (χ3v) is 5.62. The van der Waals surface area contributed by atoms with E-state index in [1.807, 2.05) is 0 Å². The van der Waals surface area contributed by atoms with Crippen LogP contribution in [0.2, 0.25) is 0 Å². The smallest absolute Gasteiger partial charge is 0.0184 e. The van der Waals surface area contributed by atoms with Crippen LogP contribution in [-0.2, 0) is 6.42 Å². The summed E-state index contributed by atoms with van der Waals surface area (Å²) in [6.45, 7) is 6.74. The van der Waals surface area contributed by atoms with Gasteiger partial charge in [0.15, 0.2) is 0 Å². The Labute approximate surface area is 165 Å². The fraction of sp³-hybridized carbons (Fsp3) is 0.333. The maximum absolute atomic E-state index is 2.32. The van der Waals surface area contributed by atoms with Gasteiger partial charge in [0.05, 0.1) is 0 Å². The summed E-state index contributed by atoms with van der Waals surface area (Å²) in [7, 11) is 0. The fourth-order valence-corrected chi connectivity index (χ4v) is 3.71. The van der Waals surface area contributed by atoms with Crippen LogP contribution in [0.15, 0.2) is 72.8 Å². The van der Waals surface area contributed by atoms with E-state index >= 15 is 0 Å². The van der Waals surface area contributed by atoms with Crippen LogP contribution in [0.3, 0.4) is 0 Å². The molecule has 0 aliphatic carbocycles. The molecule has 0 bridgehead atoms. The Morgan fingerprint density at radius 3 is 1.52 bits per heavy atom. The number of rotatable bonds is 8. The lowest BCUT2D eigenvalue weighted by atomic mass is 9.91. The molecule has 3 aromatic rings. The van der Waals surface area contributed by atoms with Crippen molar-refractivity contribution in [2.24, 2.45) is 5.92 Å². The molecule has 0 spiro atoms. The first-order chi connectivity index (χ1) is 13.2. The minimum absolute atomic E-state index is 0.824. The number of unbranched alkanes of at least 4 members (excludes halogenated alkanes) is 1. The summed E-state index contributed by atoms with van der Waals surface area (Å²) in [4.78, 5) is 0. The van der Waals surface area contributed by atoms with Gasteiger partial charge in [-0.3, -0.25) is 0 Å². The van der Waals surface area contributed by atoms with Crippen molar-refractivity contribution in [2.45, 2.75) is 52.9 Å². The average Bonchev–Trinajstić information content (AvgIpc) is 2.72. The van der Waals surface area contributed by atoms with Gasteiger partial charge in [0.2, 0.25) is 0 Å². The van der Waals surface area contributed by atoms with Gasteiger partial charge in [0.25, 0.3) is 0 Å². The summed E-state index contributed by atoms with van der Waals surface area (Å²) in [5, 5.41) is 0. The Morgan fingerprint density at radius 2 is 1.07 bits per heavy atom. The zero-order valence-corrected chi connectivity index (χ0v) is 17.0. The molecule has 0 radical (unpaired) electrons. The monoisotopic (exact) mass is 356 g/mol. The average molecular weight is 357 g/mol. The summed E-state index contributed by atoms with van der Waals surface area (Å²) >= 11 is 0. The third kappa shape index (κ3) is 5.32. The van der Waals surface area contributed by atoms with Crippen molar-refractivity contribution in [1.82, 2.24) is 0 Å². The van der Waals surface area contributed by atoms with E-state index in [0.717, 1.165) is 5.92 Å². The Kier molecular flexibility index (Phi) is 6.87. The van der Waals surface area contributed by atoms with Crippen molar-refractivity contribution in [3.63, 3.8) is 0 Å². The molecule has 0 amide bonds. The van der Waals surface area contributed by atoms with Gasteiger partial charge in [-0.25, -0.2) is 0 Å². The molecular weight excluding hydrogens is 324 g/mol. The molecule has 0 saturated heterocycles. The van der Waals surface area contributed by atoms with Crippen molar-refractivity contribution in [2.75, 3.05) is 0 Å². The summed E-state index contributed by atoms with van der Waals surface area (Å²) in [6, 6.07) is 26.9. The Morgan fingerprint density at radius 1 is 0.630 bits per heavy atom. The highest BCUT2D eigenvalue weighted by Crippen LogP contribution is 2.26. The largest absolute Gasteiger partial charge is 0.0654 e. The Bertz CT molecular complexity index is 807. The van der Waals surface area contributed by atoms with E-state index in [1.165, 1.54) is 65.5 Å². The SMILES string of the molecule is CCCCC(CC)Cc1ccc(-c2ccc(-c3ccc(C)cc3)cc2)cc1. The molecule has 140 valence electrons. The van der Waals surface area contributed by atoms with Crippen molar-refractivity contribution in [1.29, 1.82) is 0 Å². The topological polar surface area (TPSA) is 0 Å². The van der Waals surface area contributed by atoms with Crippen molar-refractivity contribution in [3.8, 4) is 22.3 Å². The predicted octanol–water partition coefficient (Wildman–Crippen LogP) is 8.09. The molecule has 1 atom stereocenters. The van der Waals surface area contributed by atoms with Gasteiger partial charge in [-0.1, -0.05) is 118 Å². The van der Waals surface area contributed by atoms with Crippen LogP contribution in [0.1, 0.15) is 50.7 Å². The predicted molar refractivity (Wildman–Crippen MR) is 119 cm³/mol. The lowest BCUT2D eigenvalue weighted by Gasteiger charge is -2.14. The fourth-order valence-electron chi connectivity index (χ4n) is 3.71. The van der Waals surface area contributed by atoms with Crippen molar-refractivity contribution >= 4 is 0 Å². The molecular formula is C27H32. The van der Waals surface area contributed by atoms with E-state index in [0.29, 0.717) is 0 Å². The summed E-state index contributed by atoms with van der Waals surface area (Å²) < 4.78 is 0. The molecule has 0 N–H and O–H groups in total. The molecule has 0 aliphatic heterocycles. The number of hydrogen-bond acceptors (Lipinski definition) is 0. The first-order valence-corrected chi connectivity index (χ1v) is 10.5. The minimum atomic E-state index is 0.824. The van der Waals surface area contributed by atoms with E-state index in [1.54, 1.807) is 0 Å². The molecule has 0 aliphatic rings. The van der Waals surface area contributed by atoms with Crippen LogP contribution in [0.4, 0.5) is 0 Å². The van der Waals surface area contributed by atoms with E-state index in [4.69, 9.17) is 0 Å². The Hall–Kier alpha value is -2.34. The van der Waals surface area contributed by atoms with Crippen LogP contribution in [0.5, 0.6) is 0 Å². The number of aryl methyl sites for hydroxylation is 1. The second-order valence-corrected chi connectivity index (χ2v) is 7.76. The van der Waals surface area contributed by atoms with E-state index in [9.17, 15) is 0 Å². The molecule has 0 nitrogen and oxygen atoms in total. The molecule has 1 unspecified atom stereocenters. The zero-order chi connectivity index (χ0) is 19.1. The van der Waals surface area contributed by atoms with Gasteiger partial charge in [-0.2, -0.15) is 0 Å². The molecule has 0 aromatic heterocycles. The second kappa shape index (κ2) is 9.55. The van der Waals surface area contributed by atoms with Crippen LogP contribution in [0, 0.1) is 12.8 Å². The summed E-state index contributed by atoms with van der Waals surface area (Å²) in [5.74, 6) is 0.824. The minimum Gasteiger partial charge on any atom is -0.0654 e. The molecule has 27 heavy (non-hydrogen) atoms. The first-order valence-electron chi connectivity index (χ1n) is 10.5. The highest BCUT2D eigenvalue weighted by Gasteiger charge is 2.07. The highest BCUT2D eigenvalue weighted by molar-refractivity contribution is 5.70. The first kappa shape index (κ1) is 19.4. The van der Waals surface area contributed by atoms with Crippen LogP contribution >= 0.6 is 0 Å². The standard InChI is InChI=1S/C27H32/c1-4-6-7-22(5-2)20-23-10-14-25(15-11-23)27-18-16-26(17-19-27)24-12-8-21(3)9-13-24/h8-19,22H,4-7,20H2,1-3H3. The van der Waals surface area contributed by atoms with Crippen LogP contribution in [-0.4, -0.2) is 0 Å². The lowest BCUT2D eigenvalue weighted by Crippen LogP contribution is -2.03.